The topological polar surface area (TPSA) is 64.6 Å². The van der Waals surface area contributed by atoms with Crippen molar-refractivity contribution >= 4 is 29.2 Å². The Bertz CT molecular complexity index is 804. The number of hydrogen-bond donors (Lipinski definition) is 1. The predicted molar refractivity (Wildman–Crippen MR) is 102 cm³/mol. The van der Waals surface area contributed by atoms with Gasteiger partial charge in [0.25, 0.3) is 5.91 Å². The van der Waals surface area contributed by atoms with Crippen LogP contribution in [0.4, 0.5) is 5.69 Å². The highest BCUT2D eigenvalue weighted by molar-refractivity contribution is 6.33. The molecule has 5 nitrogen and oxygen atoms in total. The van der Waals surface area contributed by atoms with Gasteiger partial charge in [0.2, 0.25) is 0 Å². The van der Waals surface area contributed by atoms with Crippen LogP contribution in [0.15, 0.2) is 42.5 Å². The zero-order valence-electron chi connectivity index (χ0n) is 15.2. The number of amides is 1. The molecule has 2 aromatic carbocycles. The number of rotatable bonds is 6. The smallest absolute Gasteiger partial charge is 0.339 e. The summed E-state index contributed by atoms with van der Waals surface area (Å²) in [5.74, 6) is 0.0554. The second-order valence-electron chi connectivity index (χ2n) is 6.13. The van der Waals surface area contributed by atoms with Gasteiger partial charge in [-0.15, -0.1) is 0 Å². The number of halogens is 1. The number of carbonyl (C=O) groups is 2. The molecule has 0 radical (unpaired) electrons. The molecule has 1 N–H and O–H groups in total. The number of nitrogens with one attached hydrogen (secondary N) is 1. The summed E-state index contributed by atoms with van der Waals surface area (Å²) in [5.41, 5.74) is 1.66. The Kier molecular flexibility index (Phi) is 6.64. The minimum Gasteiger partial charge on any atom is -0.481 e. The molecule has 0 unspecified atom stereocenters. The number of carbonyl (C=O) groups excluding carboxylic acids is 2. The molecular weight excluding hydrogens is 354 g/mol. The van der Waals surface area contributed by atoms with Gasteiger partial charge in [-0.1, -0.05) is 43.6 Å². The second kappa shape index (κ2) is 8.72. The lowest BCUT2D eigenvalue weighted by molar-refractivity contribution is -0.122. The van der Waals surface area contributed by atoms with Crippen LogP contribution >= 0.6 is 11.6 Å². The van der Waals surface area contributed by atoms with Gasteiger partial charge in [-0.2, -0.15) is 0 Å². The first kappa shape index (κ1) is 19.8. The van der Waals surface area contributed by atoms with Crippen LogP contribution in [0.3, 0.4) is 0 Å². The third-order valence-electron chi connectivity index (χ3n) is 3.85. The van der Waals surface area contributed by atoms with Gasteiger partial charge in [-0.3, -0.25) is 4.79 Å². The van der Waals surface area contributed by atoms with Crippen LogP contribution in [-0.4, -0.2) is 25.1 Å². The van der Waals surface area contributed by atoms with Crippen LogP contribution in [-0.2, 0) is 9.53 Å². The summed E-state index contributed by atoms with van der Waals surface area (Å²) < 4.78 is 10.5. The Hall–Kier alpha value is -2.53. The van der Waals surface area contributed by atoms with Crippen LogP contribution in [0.1, 0.15) is 42.6 Å². The largest absolute Gasteiger partial charge is 0.481 e. The molecule has 0 aliphatic carbocycles. The molecule has 0 spiro atoms. The summed E-state index contributed by atoms with van der Waals surface area (Å²) in [4.78, 5) is 24.2. The van der Waals surface area contributed by atoms with Crippen LogP contribution in [0.2, 0.25) is 5.02 Å². The third-order valence-corrected chi connectivity index (χ3v) is 4.18. The first-order valence-electron chi connectivity index (χ1n) is 8.27. The fourth-order valence-corrected chi connectivity index (χ4v) is 2.62. The van der Waals surface area contributed by atoms with E-state index >= 15 is 0 Å². The van der Waals surface area contributed by atoms with Crippen LogP contribution < -0.4 is 10.1 Å². The highest BCUT2D eigenvalue weighted by Crippen LogP contribution is 2.27. The molecule has 138 valence electrons. The van der Waals surface area contributed by atoms with Crippen molar-refractivity contribution in [3.63, 3.8) is 0 Å². The monoisotopic (exact) mass is 375 g/mol. The standard InChI is InChI=1S/C20H22ClNO4/c1-12(2)15-7-5-6-8-18(15)26-13(3)19(23)22-14-9-10-17(21)16(11-14)20(24)25-4/h5-13H,1-4H3,(H,22,23)/t13-/m0/s1. The summed E-state index contributed by atoms with van der Waals surface area (Å²) in [6.07, 6.45) is -0.716. The van der Waals surface area contributed by atoms with E-state index in [0.717, 1.165) is 5.56 Å². The molecule has 6 heteroatoms. The molecule has 0 aliphatic heterocycles. The number of ether oxygens (including phenoxy) is 2. The zero-order valence-corrected chi connectivity index (χ0v) is 16.0. The minimum absolute atomic E-state index is 0.186. The lowest BCUT2D eigenvalue weighted by Crippen LogP contribution is -2.30. The Balaban J connectivity index is 2.12. The van der Waals surface area contributed by atoms with Gasteiger partial charge in [0.1, 0.15) is 5.75 Å². The molecule has 2 rings (SSSR count). The Morgan fingerprint density at radius 3 is 2.42 bits per heavy atom. The molecule has 1 atom stereocenters. The van der Waals surface area contributed by atoms with E-state index in [1.54, 1.807) is 13.0 Å². The molecule has 0 saturated heterocycles. The number of hydrogen-bond acceptors (Lipinski definition) is 4. The summed E-state index contributed by atoms with van der Waals surface area (Å²) in [7, 11) is 1.27. The predicted octanol–water partition coefficient (Wildman–Crippen LogP) is 4.66. The summed E-state index contributed by atoms with van der Waals surface area (Å²) in [5, 5.41) is 2.98. The van der Waals surface area contributed by atoms with E-state index < -0.39 is 12.1 Å². The number of benzene rings is 2. The highest BCUT2D eigenvalue weighted by atomic mass is 35.5. The molecule has 1 amide bonds. The van der Waals surface area contributed by atoms with Crippen molar-refractivity contribution in [2.45, 2.75) is 32.8 Å². The van der Waals surface area contributed by atoms with Gasteiger partial charge in [0.15, 0.2) is 6.10 Å². The van der Waals surface area contributed by atoms with E-state index in [0.29, 0.717) is 11.4 Å². The Morgan fingerprint density at radius 2 is 1.77 bits per heavy atom. The van der Waals surface area contributed by atoms with Crippen molar-refractivity contribution in [3.8, 4) is 5.75 Å². The lowest BCUT2D eigenvalue weighted by atomic mass is 10.0. The number of methoxy groups -OCH3 is 1. The maximum absolute atomic E-state index is 12.4. The zero-order chi connectivity index (χ0) is 19.3. The van der Waals surface area contributed by atoms with Crippen LogP contribution in [0.25, 0.3) is 0 Å². The van der Waals surface area contributed by atoms with E-state index in [2.05, 4.69) is 23.9 Å². The highest BCUT2D eigenvalue weighted by Gasteiger charge is 2.19. The normalized spacial score (nSPS) is 11.8. The second-order valence-corrected chi connectivity index (χ2v) is 6.54. The molecule has 0 fully saturated rings. The van der Waals surface area contributed by atoms with Gasteiger partial charge < -0.3 is 14.8 Å². The van der Waals surface area contributed by atoms with Crippen LogP contribution in [0, 0.1) is 0 Å². The first-order valence-corrected chi connectivity index (χ1v) is 8.65. The minimum atomic E-state index is -0.716. The number of anilines is 1. The molecule has 2 aromatic rings. The van der Waals surface area contributed by atoms with Gasteiger partial charge in [-0.25, -0.2) is 4.79 Å². The van der Waals surface area contributed by atoms with Crippen molar-refractivity contribution in [3.05, 3.63) is 58.6 Å². The SMILES string of the molecule is COC(=O)c1cc(NC(=O)[C@H](C)Oc2ccccc2C(C)C)ccc1Cl. The maximum atomic E-state index is 12.4. The van der Waals surface area contributed by atoms with Crippen molar-refractivity contribution in [2.24, 2.45) is 0 Å². The average molecular weight is 376 g/mol. The Morgan fingerprint density at radius 1 is 1.08 bits per heavy atom. The van der Waals surface area contributed by atoms with E-state index in [9.17, 15) is 9.59 Å². The van der Waals surface area contributed by atoms with Crippen molar-refractivity contribution < 1.29 is 19.1 Å². The van der Waals surface area contributed by atoms with Crippen molar-refractivity contribution in [1.82, 2.24) is 0 Å². The first-order chi connectivity index (χ1) is 12.3. The molecule has 26 heavy (non-hydrogen) atoms. The van der Waals surface area contributed by atoms with E-state index in [-0.39, 0.29) is 22.4 Å². The quantitative estimate of drug-likeness (QED) is 0.746. The van der Waals surface area contributed by atoms with Crippen LogP contribution in [0.5, 0.6) is 5.75 Å². The molecule has 0 heterocycles. The lowest BCUT2D eigenvalue weighted by Gasteiger charge is -2.19. The van der Waals surface area contributed by atoms with Gasteiger partial charge in [-0.05, 0) is 42.7 Å². The number of esters is 1. The van der Waals surface area contributed by atoms with E-state index in [4.69, 9.17) is 16.3 Å². The van der Waals surface area contributed by atoms with Gasteiger partial charge >= 0.3 is 5.97 Å². The third kappa shape index (κ3) is 4.76. The van der Waals surface area contributed by atoms with Gasteiger partial charge in [0.05, 0.1) is 17.7 Å². The van der Waals surface area contributed by atoms with Crippen molar-refractivity contribution in [1.29, 1.82) is 0 Å². The summed E-state index contributed by atoms with van der Waals surface area (Å²) in [6.45, 7) is 5.80. The molecule has 0 aliphatic rings. The van der Waals surface area contributed by atoms with Gasteiger partial charge in [0, 0.05) is 5.69 Å². The van der Waals surface area contributed by atoms with E-state index in [1.165, 1.54) is 19.2 Å². The molecule has 0 bridgehead atoms. The number of para-hydroxylation sites is 1. The fraction of sp³-hybridized carbons (Fsp3) is 0.300. The fourth-order valence-electron chi connectivity index (χ4n) is 2.42. The summed E-state index contributed by atoms with van der Waals surface area (Å²) >= 11 is 5.99. The maximum Gasteiger partial charge on any atom is 0.339 e. The van der Waals surface area contributed by atoms with E-state index in [1.807, 2.05) is 24.3 Å². The average Bonchev–Trinajstić information content (AvgIpc) is 2.62. The molecule has 0 aromatic heterocycles. The summed E-state index contributed by atoms with van der Waals surface area (Å²) in [6, 6.07) is 12.2. The molecule has 0 saturated carbocycles. The van der Waals surface area contributed by atoms with Crippen molar-refractivity contribution in [2.75, 3.05) is 12.4 Å². The molecular formula is C20H22ClNO4. The Labute approximate surface area is 158 Å².